The van der Waals surface area contributed by atoms with Crippen LogP contribution in [0.2, 0.25) is 0 Å². The molecule has 0 atom stereocenters. The van der Waals surface area contributed by atoms with Gasteiger partial charge < -0.3 is 8.83 Å². The number of hydrogen-bond donors (Lipinski definition) is 0. The molecule has 10 aromatic rings. The average molecular weight is 613 g/mol. The molecule has 0 N–H and O–H groups in total. The van der Waals surface area contributed by atoms with Crippen molar-refractivity contribution in [2.75, 3.05) is 0 Å². The fourth-order valence-electron chi connectivity index (χ4n) is 7.52. The van der Waals surface area contributed by atoms with Gasteiger partial charge in [0.2, 0.25) is 0 Å². The third kappa shape index (κ3) is 4.13. The van der Waals surface area contributed by atoms with E-state index in [2.05, 4.69) is 140 Å². The summed E-state index contributed by atoms with van der Waals surface area (Å²) in [6, 6.07) is 60.3. The van der Waals surface area contributed by atoms with Crippen LogP contribution < -0.4 is 0 Å². The van der Waals surface area contributed by atoms with Gasteiger partial charge in [-0.05, 0) is 91.3 Å². The average Bonchev–Trinajstić information content (AvgIpc) is 3.76. The molecule has 0 aliphatic carbocycles. The second kappa shape index (κ2) is 10.6. The van der Waals surface area contributed by atoms with E-state index in [1.165, 1.54) is 49.4 Å². The second-order valence-electron chi connectivity index (χ2n) is 12.4. The highest BCUT2D eigenvalue weighted by atomic mass is 16.3. The SMILES string of the molecule is c1ccc(-c2cccc(-c3c4ccccc4c(-c4ccc5oc6ccc7oc(-c8ccccc8)cc7c6c5c4)c4ccccc34)c2)cc1. The van der Waals surface area contributed by atoms with E-state index in [0.29, 0.717) is 0 Å². The number of hydrogen-bond acceptors (Lipinski definition) is 2. The number of benzene rings is 8. The van der Waals surface area contributed by atoms with Crippen molar-refractivity contribution in [2.24, 2.45) is 0 Å². The highest BCUT2D eigenvalue weighted by Crippen LogP contribution is 2.46. The summed E-state index contributed by atoms with van der Waals surface area (Å²) in [5.41, 5.74) is 10.9. The molecule has 0 radical (unpaired) electrons. The number of furan rings is 2. The Morgan fingerprint density at radius 1 is 0.271 bits per heavy atom. The first-order valence-corrected chi connectivity index (χ1v) is 16.3. The Hall–Kier alpha value is -6.38. The van der Waals surface area contributed by atoms with Gasteiger partial charge >= 0.3 is 0 Å². The zero-order valence-corrected chi connectivity index (χ0v) is 26.0. The lowest BCUT2D eigenvalue weighted by Gasteiger charge is -2.18. The summed E-state index contributed by atoms with van der Waals surface area (Å²) < 4.78 is 12.8. The maximum atomic E-state index is 6.42. The zero-order chi connectivity index (χ0) is 31.6. The van der Waals surface area contributed by atoms with Crippen LogP contribution in [-0.4, -0.2) is 0 Å². The van der Waals surface area contributed by atoms with Gasteiger partial charge in [0.15, 0.2) is 0 Å². The Morgan fingerprint density at radius 3 is 1.42 bits per heavy atom. The molecular weight excluding hydrogens is 585 g/mol. The molecule has 10 rings (SSSR count). The topological polar surface area (TPSA) is 26.3 Å². The molecular formula is C46H28O2. The van der Waals surface area contributed by atoms with E-state index < -0.39 is 0 Å². The van der Waals surface area contributed by atoms with Gasteiger partial charge in [-0.3, -0.25) is 0 Å². The van der Waals surface area contributed by atoms with Gasteiger partial charge in [0, 0.05) is 21.7 Å². The van der Waals surface area contributed by atoms with Crippen LogP contribution in [0, 0.1) is 0 Å². The minimum atomic E-state index is 0.854. The van der Waals surface area contributed by atoms with Crippen molar-refractivity contribution in [3.63, 3.8) is 0 Å². The Labute approximate surface area is 277 Å². The molecule has 2 nitrogen and oxygen atoms in total. The molecule has 0 unspecified atom stereocenters. The maximum absolute atomic E-state index is 6.42. The monoisotopic (exact) mass is 612 g/mol. The van der Waals surface area contributed by atoms with Gasteiger partial charge in [0.05, 0.1) is 0 Å². The molecule has 0 aliphatic heterocycles. The van der Waals surface area contributed by atoms with Crippen molar-refractivity contribution in [3.8, 4) is 44.7 Å². The number of fused-ring (bicyclic) bond motifs is 7. The normalized spacial score (nSPS) is 11.8. The molecule has 2 heteroatoms. The summed E-state index contributed by atoms with van der Waals surface area (Å²) >= 11 is 0. The standard InChI is InChI=1S/C46H28O2/c1-3-12-29(13-4-1)31-16-11-17-32(26-31)44-34-18-7-9-20-36(34)45(37-21-10-8-19-35(37)44)33-22-23-40-38(27-33)46-39-28-43(30-14-5-2-6-15-30)48-41(39)24-25-42(46)47-40/h1-28H. The predicted molar refractivity (Wildman–Crippen MR) is 200 cm³/mol. The lowest BCUT2D eigenvalue weighted by molar-refractivity contribution is 0.631. The van der Waals surface area contributed by atoms with Crippen molar-refractivity contribution in [1.82, 2.24) is 0 Å². The van der Waals surface area contributed by atoms with Crippen LogP contribution in [0.3, 0.4) is 0 Å². The van der Waals surface area contributed by atoms with Gasteiger partial charge in [-0.2, -0.15) is 0 Å². The highest BCUT2D eigenvalue weighted by Gasteiger charge is 2.20. The quantitative estimate of drug-likeness (QED) is 0.185. The summed E-state index contributed by atoms with van der Waals surface area (Å²) in [5.74, 6) is 0.854. The molecule has 0 saturated heterocycles. The van der Waals surface area contributed by atoms with E-state index in [9.17, 15) is 0 Å². The Balaban J connectivity index is 1.23. The minimum Gasteiger partial charge on any atom is -0.456 e. The van der Waals surface area contributed by atoms with E-state index in [0.717, 1.165) is 49.8 Å². The van der Waals surface area contributed by atoms with Crippen LogP contribution in [0.25, 0.3) is 99.2 Å². The van der Waals surface area contributed by atoms with E-state index in [4.69, 9.17) is 8.83 Å². The predicted octanol–water partition coefficient (Wildman–Crippen LogP) is 13.3. The van der Waals surface area contributed by atoms with Gasteiger partial charge in [-0.15, -0.1) is 0 Å². The molecule has 0 bridgehead atoms. The molecule has 0 spiro atoms. The smallest absolute Gasteiger partial charge is 0.136 e. The van der Waals surface area contributed by atoms with Crippen LogP contribution in [0.4, 0.5) is 0 Å². The van der Waals surface area contributed by atoms with E-state index >= 15 is 0 Å². The molecule has 0 aliphatic rings. The Kier molecular flexibility index (Phi) is 5.91. The van der Waals surface area contributed by atoms with Crippen LogP contribution in [-0.2, 0) is 0 Å². The summed E-state index contributed by atoms with van der Waals surface area (Å²) in [4.78, 5) is 0. The molecule has 2 aromatic heterocycles. The van der Waals surface area contributed by atoms with Crippen molar-refractivity contribution in [2.45, 2.75) is 0 Å². The Bertz CT molecular complexity index is 2760. The third-order valence-corrected chi connectivity index (χ3v) is 9.67. The van der Waals surface area contributed by atoms with Gasteiger partial charge in [0.25, 0.3) is 0 Å². The highest BCUT2D eigenvalue weighted by molar-refractivity contribution is 6.23. The Morgan fingerprint density at radius 2 is 0.750 bits per heavy atom. The first-order chi connectivity index (χ1) is 23.8. The van der Waals surface area contributed by atoms with E-state index in [1.807, 2.05) is 30.3 Å². The molecule has 224 valence electrons. The van der Waals surface area contributed by atoms with E-state index in [-0.39, 0.29) is 0 Å². The van der Waals surface area contributed by atoms with Crippen molar-refractivity contribution >= 4 is 54.5 Å². The van der Waals surface area contributed by atoms with Crippen LogP contribution in [0.1, 0.15) is 0 Å². The van der Waals surface area contributed by atoms with Gasteiger partial charge in [0.1, 0.15) is 22.5 Å². The maximum Gasteiger partial charge on any atom is 0.136 e. The summed E-state index contributed by atoms with van der Waals surface area (Å²) in [5, 5.41) is 8.15. The van der Waals surface area contributed by atoms with E-state index in [1.54, 1.807) is 0 Å². The fourth-order valence-corrected chi connectivity index (χ4v) is 7.52. The zero-order valence-electron chi connectivity index (χ0n) is 26.0. The molecule has 2 heterocycles. The molecule has 48 heavy (non-hydrogen) atoms. The lowest BCUT2D eigenvalue weighted by atomic mass is 9.85. The summed E-state index contributed by atoms with van der Waals surface area (Å²) in [7, 11) is 0. The molecule has 8 aromatic carbocycles. The number of rotatable bonds is 4. The van der Waals surface area contributed by atoms with Crippen LogP contribution in [0.5, 0.6) is 0 Å². The molecule has 0 saturated carbocycles. The van der Waals surface area contributed by atoms with Gasteiger partial charge in [-0.1, -0.05) is 133 Å². The summed E-state index contributed by atoms with van der Waals surface area (Å²) in [6.45, 7) is 0. The van der Waals surface area contributed by atoms with Crippen LogP contribution in [0.15, 0.2) is 179 Å². The second-order valence-corrected chi connectivity index (χ2v) is 12.4. The van der Waals surface area contributed by atoms with Crippen molar-refractivity contribution < 1.29 is 8.83 Å². The minimum absolute atomic E-state index is 0.854. The molecule has 0 fully saturated rings. The first-order valence-electron chi connectivity index (χ1n) is 16.3. The first kappa shape index (κ1) is 26.8. The van der Waals surface area contributed by atoms with Gasteiger partial charge in [-0.25, -0.2) is 0 Å². The largest absolute Gasteiger partial charge is 0.456 e. The fraction of sp³-hybridized carbons (Fsp3) is 0. The third-order valence-electron chi connectivity index (χ3n) is 9.67. The lowest BCUT2D eigenvalue weighted by Crippen LogP contribution is -1.91. The van der Waals surface area contributed by atoms with Crippen molar-refractivity contribution in [3.05, 3.63) is 170 Å². The molecule has 0 amide bonds. The van der Waals surface area contributed by atoms with Crippen molar-refractivity contribution in [1.29, 1.82) is 0 Å². The summed E-state index contributed by atoms with van der Waals surface area (Å²) in [6.07, 6.45) is 0. The van der Waals surface area contributed by atoms with Crippen LogP contribution >= 0.6 is 0 Å².